The SMILES string of the molecule is CC(=O)C(Cc1ccccc1)(Cc1ccccc1)Cc1ccccc1.[Pd].[Pd]. The second kappa shape index (κ2) is 11.5. The van der Waals surface area contributed by atoms with Crippen LogP contribution in [-0.4, -0.2) is 5.78 Å². The zero-order chi connectivity index (χ0) is 17.5. The summed E-state index contributed by atoms with van der Waals surface area (Å²) < 4.78 is 0. The zero-order valence-corrected chi connectivity index (χ0v) is 18.4. The Hall–Kier alpha value is -1.35. The topological polar surface area (TPSA) is 17.1 Å². The van der Waals surface area contributed by atoms with Crippen molar-refractivity contribution in [3.05, 3.63) is 108 Å². The van der Waals surface area contributed by atoms with E-state index >= 15 is 0 Å². The summed E-state index contributed by atoms with van der Waals surface area (Å²) in [5, 5.41) is 0. The van der Waals surface area contributed by atoms with Gasteiger partial charge in [-0.1, -0.05) is 91.0 Å². The van der Waals surface area contributed by atoms with Gasteiger partial charge in [-0.05, 0) is 42.9 Å². The Morgan fingerprint density at radius 3 is 1.07 bits per heavy atom. The molecule has 0 radical (unpaired) electrons. The monoisotopic (exact) mass is 540 g/mol. The van der Waals surface area contributed by atoms with Gasteiger partial charge in [0, 0.05) is 46.3 Å². The van der Waals surface area contributed by atoms with E-state index < -0.39 is 5.41 Å². The Kier molecular flexibility index (Phi) is 10.1. The van der Waals surface area contributed by atoms with E-state index in [1.807, 2.05) is 54.6 Å². The van der Waals surface area contributed by atoms with Crippen LogP contribution < -0.4 is 0 Å². The molecule has 0 saturated carbocycles. The van der Waals surface area contributed by atoms with Crippen molar-refractivity contribution in [2.45, 2.75) is 26.2 Å². The normalized spacial score (nSPS) is 10.4. The average Bonchev–Trinajstić information content (AvgIpc) is 2.64. The first-order valence-electron chi connectivity index (χ1n) is 8.81. The van der Waals surface area contributed by atoms with E-state index in [-0.39, 0.29) is 46.6 Å². The van der Waals surface area contributed by atoms with Gasteiger partial charge in [0.05, 0.1) is 0 Å². The smallest absolute Gasteiger partial charge is 0.136 e. The third-order valence-corrected chi connectivity index (χ3v) is 4.90. The summed E-state index contributed by atoms with van der Waals surface area (Å²) in [7, 11) is 0. The van der Waals surface area contributed by atoms with Crippen molar-refractivity contribution in [1.29, 1.82) is 0 Å². The van der Waals surface area contributed by atoms with Crippen LogP contribution in [0.3, 0.4) is 0 Å². The van der Waals surface area contributed by atoms with Crippen LogP contribution in [0.2, 0.25) is 0 Å². The molecule has 0 heterocycles. The van der Waals surface area contributed by atoms with Crippen molar-refractivity contribution >= 4 is 5.78 Å². The average molecular weight is 541 g/mol. The molecule has 0 aliphatic carbocycles. The van der Waals surface area contributed by atoms with Crippen molar-refractivity contribution in [1.82, 2.24) is 0 Å². The minimum absolute atomic E-state index is 0. The predicted molar refractivity (Wildman–Crippen MR) is 104 cm³/mol. The van der Waals surface area contributed by atoms with Gasteiger partial charge in [0.15, 0.2) is 0 Å². The van der Waals surface area contributed by atoms with Crippen LogP contribution in [0.4, 0.5) is 0 Å². The van der Waals surface area contributed by atoms with Crippen LogP contribution in [0.25, 0.3) is 0 Å². The molecule has 3 heteroatoms. The molecule has 146 valence electrons. The number of ketones is 1. The molecule has 0 bridgehead atoms. The number of carbonyl (C=O) groups is 1. The summed E-state index contributed by atoms with van der Waals surface area (Å²) >= 11 is 0. The largest absolute Gasteiger partial charge is 0.299 e. The van der Waals surface area contributed by atoms with Gasteiger partial charge in [-0.2, -0.15) is 0 Å². The fraction of sp³-hybridized carbons (Fsp3) is 0.208. The standard InChI is InChI=1S/C24H24O.2Pd/c1-20(25)24(17-21-11-5-2-6-12-21,18-22-13-7-3-8-14-22)19-23-15-9-4-10-16-23;;/h2-16H,17-19H2,1H3;;. The van der Waals surface area contributed by atoms with Gasteiger partial charge in [-0.25, -0.2) is 0 Å². The number of hydrogen-bond acceptors (Lipinski definition) is 1. The van der Waals surface area contributed by atoms with Gasteiger partial charge >= 0.3 is 0 Å². The van der Waals surface area contributed by atoms with Crippen molar-refractivity contribution in [3.63, 3.8) is 0 Å². The van der Waals surface area contributed by atoms with E-state index in [1.54, 1.807) is 6.92 Å². The molecule has 0 fully saturated rings. The number of carbonyl (C=O) groups excluding carboxylic acids is 1. The third kappa shape index (κ3) is 6.64. The van der Waals surface area contributed by atoms with Crippen LogP contribution in [-0.2, 0) is 64.9 Å². The second-order valence-electron chi connectivity index (χ2n) is 6.82. The minimum atomic E-state index is -0.427. The molecule has 0 atom stereocenters. The van der Waals surface area contributed by atoms with Crippen molar-refractivity contribution in [3.8, 4) is 0 Å². The Bertz CT molecular complexity index is 700. The molecule has 0 aliphatic heterocycles. The summed E-state index contributed by atoms with van der Waals surface area (Å²) in [5.74, 6) is 0.254. The molecular weight excluding hydrogens is 517 g/mol. The quantitative estimate of drug-likeness (QED) is 0.372. The maximum absolute atomic E-state index is 12.9. The molecule has 0 unspecified atom stereocenters. The molecule has 3 aromatic rings. The first kappa shape index (κ1) is 23.7. The van der Waals surface area contributed by atoms with E-state index in [2.05, 4.69) is 36.4 Å². The van der Waals surface area contributed by atoms with Crippen LogP contribution in [0, 0.1) is 5.41 Å². The van der Waals surface area contributed by atoms with Gasteiger partial charge in [0.25, 0.3) is 0 Å². The van der Waals surface area contributed by atoms with Crippen LogP contribution in [0.15, 0.2) is 91.0 Å². The fourth-order valence-corrected chi connectivity index (χ4v) is 3.52. The summed E-state index contributed by atoms with van der Waals surface area (Å²) in [5.41, 5.74) is 3.21. The Morgan fingerprint density at radius 1 is 0.593 bits per heavy atom. The van der Waals surface area contributed by atoms with Crippen LogP contribution >= 0.6 is 0 Å². The Labute approximate surface area is 189 Å². The summed E-state index contributed by atoms with van der Waals surface area (Å²) in [4.78, 5) is 12.9. The van der Waals surface area contributed by atoms with Gasteiger partial charge in [0.2, 0.25) is 0 Å². The molecular formula is C24H24OPd2. The zero-order valence-electron chi connectivity index (χ0n) is 15.3. The van der Waals surface area contributed by atoms with Crippen molar-refractivity contribution in [2.75, 3.05) is 0 Å². The second-order valence-corrected chi connectivity index (χ2v) is 6.82. The van der Waals surface area contributed by atoms with Gasteiger partial charge in [-0.15, -0.1) is 0 Å². The summed E-state index contributed by atoms with van der Waals surface area (Å²) in [6.07, 6.45) is 2.27. The maximum Gasteiger partial charge on any atom is 0.136 e. The predicted octanol–water partition coefficient (Wildman–Crippen LogP) is 5.28. The summed E-state index contributed by atoms with van der Waals surface area (Å²) in [6.45, 7) is 1.74. The molecule has 3 rings (SSSR count). The van der Waals surface area contributed by atoms with Gasteiger partial charge < -0.3 is 0 Å². The summed E-state index contributed by atoms with van der Waals surface area (Å²) in [6, 6.07) is 31.1. The molecule has 0 aliphatic rings. The van der Waals surface area contributed by atoms with Crippen molar-refractivity contribution in [2.24, 2.45) is 5.41 Å². The van der Waals surface area contributed by atoms with E-state index in [0.717, 1.165) is 19.3 Å². The maximum atomic E-state index is 12.9. The molecule has 27 heavy (non-hydrogen) atoms. The molecule has 0 spiro atoms. The van der Waals surface area contributed by atoms with Gasteiger partial charge in [-0.3, -0.25) is 4.79 Å². The molecule has 0 aromatic heterocycles. The molecule has 1 nitrogen and oxygen atoms in total. The van der Waals surface area contributed by atoms with E-state index in [0.29, 0.717) is 0 Å². The molecule has 3 aromatic carbocycles. The van der Waals surface area contributed by atoms with Crippen LogP contribution in [0.1, 0.15) is 23.6 Å². The molecule has 0 saturated heterocycles. The van der Waals surface area contributed by atoms with E-state index in [9.17, 15) is 4.79 Å². The van der Waals surface area contributed by atoms with E-state index in [4.69, 9.17) is 0 Å². The van der Waals surface area contributed by atoms with Crippen LogP contribution in [0.5, 0.6) is 0 Å². The third-order valence-electron chi connectivity index (χ3n) is 4.90. The van der Waals surface area contributed by atoms with Gasteiger partial charge in [0.1, 0.15) is 5.78 Å². The number of Topliss-reactive ketones (excluding diaryl/α,β-unsaturated/α-hetero) is 1. The number of rotatable bonds is 7. The number of hydrogen-bond donors (Lipinski definition) is 0. The number of benzene rings is 3. The fourth-order valence-electron chi connectivity index (χ4n) is 3.52. The molecule has 0 amide bonds. The van der Waals surface area contributed by atoms with Crippen molar-refractivity contribution < 1.29 is 45.6 Å². The Balaban J connectivity index is 0.00000182. The molecule has 0 N–H and O–H groups in total. The Morgan fingerprint density at radius 2 is 0.852 bits per heavy atom. The van der Waals surface area contributed by atoms with E-state index in [1.165, 1.54) is 16.7 Å². The first-order valence-corrected chi connectivity index (χ1v) is 8.81. The first-order chi connectivity index (χ1) is 12.2. The minimum Gasteiger partial charge on any atom is -0.299 e.